The van der Waals surface area contributed by atoms with Crippen LogP contribution in [0.15, 0.2) is 24.3 Å². The molecule has 1 aliphatic carbocycles. The molecule has 1 nitrogen and oxygen atoms in total. The summed E-state index contributed by atoms with van der Waals surface area (Å²) in [5.41, 5.74) is 6.54. The number of nitrogens with two attached hydrogens (primary N) is 1. The van der Waals surface area contributed by atoms with E-state index in [-0.39, 0.29) is 5.82 Å². The van der Waals surface area contributed by atoms with Crippen LogP contribution in [0.3, 0.4) is 0 Å². The van der Waals surface area contributed by atoms with Crippen LogP contribution in [0.2, 0.25) is 0 Å². The van der Waals surface area contributed by atoms with Gasteiger partial charge in [0.05, 0.1) is 0 Å². The van der Waals surface area contributed by atoms with Crippen LogP contribution >= 0.6 is 0 Å². The van der Waals surface area contributed by atoms with Gasteiger partial charge in [0.2, 0.25) is 0 Å². The lowest BCUT2D eigenvalue weighted by molar-refractivity contribution is 0.328. The third kappa shape index (κ3) is 2.37. The molecule has 0 atom stereocenters. The summed E-state index contributed by atoms with van der Waals surface area (Å²) in [5.74, 6) is 1.02. The van der Waals surface area contributed by atoms with E-state index in [9.17, 15) is 4.39 Å². The van der Waals surface area contributed by atoms with Gasteiger partial charge in [0.1, 0.15) is 5.82 Å². The van der Waals surface area contributed by atoms with Crippen molar-refractivity contribution in [1.82, 2.24) is 0 Å². The number of hydrogen-bond donors (Lipinski definition) is 1. The summed E-state index contributed by atoms with van der Waals surface area (Å²) in [6.07, 6.45) is 4.47. The summed E-state index contributed by atoms with van der Waals surface area (Å²) in [7, 11) is 0. The molecule has 1 aromatic carbocycles. The Labute approximate surface area is 90.5 Å². The second kappa shape index (κ2) is 4.75. The van der Waals surface area contributed by atoms with Gasteiger partial charge in [-0.2, -0.15) is 0 Å². The van der Waals surface area contributed by atoms with Gasteiger partial charge in [0.25, 0.3) is 0 Å². The van der Waals surface area contributed by atoms with Crippen molar-refractivity contribution in [2.45, 2.75) is 31.6 Å². The predicted octanol–water partition coefficient (Wildman–Crippen LogP) is 3.06. The van der Waals surface area contributed by atoms with Gasteiger partial charge < -0.3 is 5.73 Å². The Kier molecular flexibility index (Phi) is 3.37. The largest absolute Gasteiger partial charge is 0.330 e. The molecule has 15 heavy (non-hydrogen) atoms. The molecule has 1 aliphatic rings. The van der Waals surface area contributed by atoms with E-state index < -0.39 is 0 Å². The van der Waals surface area contributed by atoms with E-state index in [4.69, 9.17) is 5.73 Å². The molecule has 0 aromatic heterocycles. The first-order chi connectivity index (χ1) is 7.31. The lowest BCUT2D eigenvalue weighted by Gasteiger charge is -2.28. The van der Waals surface area contributed by atoms with Gasteiger partial charge >= 0.3 is 0 Å². The van der Waals surface area contributed by atoms with Crippen molar-refractivity contribution >= 4 is 0 Å². The van der Waals surface area contributed by atoms with Crippen molar-refractivity contribution in [3.05, 3.63) is 35.6 Å². The van der Waals surface area contributed by atoms with Crippen LogP contribution in [0.4, 0.5) is 4.39 Å². The maximum Gasteiger partial charge on any atom is 0.126 e. The second-order valence-electron chi connectivity index (χ2n) is 4.47. The van der Waals surface area contributed by atoms with E-state index in [2.05, 4.69) is 0 Å². The lowest BCUT2D eigenvalue weighted by atomic mass is 9.78. The highest BCUT2D eigenvalue weighted by atomic mass is 19.1. The summed E-state index contributed by atoms with van der Waals surface area (Å²) < 4.78 is 13.5. The number of rotatable bonds is 2. The molecule has 1 fully saturated rings. The fourth-order valence-corrected chi connectivity index (χ4v) is 2.52. The molecule has 2 heteroatoms. The van der Waals surface area contributed by atoms with E-state index in [1.165, 1.54) is 0 Å². The highest BCUT2D eigenvalue weighted by Crippen LogP contribution is 2.36. The van der Waals surface area contributed by atoms with Gasteiger partial charge in [0, 0.05) is 0 Å². The highest BCUT2D eigenvalue weighted by Gasteiger charge is 2.22. The molecule has 0 heterocycles. The van der Waals surface area contributed by atoms with E-state index >= 15 is 0 Å². The molecule has 0 spiro atoms. The fourth-order valence-electron chi connectivity index (χ4n) is 2.52. The van der Waals surface area contributed by atoms with Crippen LogP contribution in [0.25, 0.3) is 0 Å². The molecule has 2 rings (SSSR count). The zero-order valence-electron chi connectivity index (χ0n) is 8.95. The second-order valence-corrected chi connectivity index (χ2v) is 4.47. The molecule has 0 bridgehead atoms. The first-order valence-corrected chi connectivity index (χ1v) is 5.75. The van der Waals surface area contributed by atoms with Gasteiger partial charge in [-0.05, 0) is 55.7 Å². The van der Waals surface area contributed by atoms with Crippen molar-refractivity contribution in [2.75, 3.05) is 6.54 Å². The summed E-state index contributed by atoms with van der Waals surface area (Å²) in [5, 5.41) is 0. The van der Waals surface area contributed by atoms with Crippen LogP contribution in [0.1, 0.15) is 37.2 Å². The quantitative estimate of drug-likeness (QED) is 0.792. The zero-order chi connectivity index (χ0) is 10.7. The first kappa shape index (κ1) is 10.6. The molecular weight excluding hydrogens is 189 g/mol. The molecule has 1 saturated carbocycles. The molecule has 1 aromatic rings. The highest BCUT2D eigenvalue weighted by molar-refractivity contribution is 5.22. The summed E-state index contributed by atoms with van der Waals surface area (Å²) >= 11 is 0. The third-order valence-electron chi connectivity index (χ3n) is 3.53. The fraction of sp³-hybridized carbons (Fsp3) is 0.538. The van der Waals surface area contributed by atoms with Gasteiger partial charge in [0.15, 0.2) is 0 Å². The summed E-state index contributed by atoms with van der Waals surface area (Å²) in [4.78, 5) is 0. The Hall–Kier alpha value is -0.890. The Morgan fingerprint density at radius 2 is 1.80 bits per heavy atom. The van der Waals surface area contributed by atoms with Crippen LogP contribution in [0, 0.1) is 11.7 Å². The van der Waals surface area contributed by atoms with E-state index in [0.717, 1.165) is 37.8 Å². The Morgan fingerprint density at radius 1 is 1.13 bits per heavy atom. The van der Waals surface area contributed by atoms with Crippen molar-refractivity contribution in [3.63, 3.8) is 0 Å². The van der Waals surface area contributed by atoms with Crippen LogP contribution in [-0.2, 0) is 0 Å². The molecule has 2 N–H and O–H groups in total. The topological polar surface area (TPSA) is 26.0 Å². The van der Waals surface area contributed by atoms with Crippen molar-refractivity contribution in [1.29, 1.82) is 0 Å². The van der Waals surface area contributed by atoms with Crippen LogP contribution < -0.4 is 5.73 Å². The summed E-state index contributed by atoms with van der Waals surface area (Å²) in [6.45, 7) is 0.782. The van der Waals surface area contributed by atoms with E-state index in [0.29, 0.717) is 11.8 Å². The van der Waals surface area contributed by atoms with Gasteiger partial charge in [-0.25, -0.2) is 4.39 Å². The molecule has 0 radical (unpaired) electrons. The van der Waals surface area contributed by atoms with Crippen molar-refractivity contribution < 1.29 is 4.39 Å². The smallest absolute Gasteiger partial charge is 0.126 e. The minimum atomic E-state index is -0.0475. The van der Waals surface area contributed by atoms with E-state index in [1.54, 1.807) is 12.1 Å². The van der Waals surface area contributed by atoms with Gasteiger partial charge in [-0.1, -0.05) is 18.2 Å². The molecule has 0 aliphatic heterocycles. The van der Waals surface area contributed by atoms with Crippen LogP contribution in [-0.4, -0.2) is 6.54 Å². The molecule has 82 valence electrons. The third-order valence-corrected chi connectivity index (χ3v) is 3.53. The van der Waals surface area contributed by atoms with Gasteiger partial charge in [-0.3, -0.25) is 0 Å². The Morgan fingerprint density at radius 3 is 2.40 bits per heavy atom. The molecule has 0 amide bonds. The van der Waals surface area contributed by atoms with Gasteiger partial charge in [-0.15, -0.1) is 0 Å². The summed E-state index contributed by atoms with van der Waals surface area (Å²) in [6, 6.07) is 7.16. The average molecular weight is 207 g/mol. The molecule has 0 saturated heterocycles. The average Bonchev–Trinajstić information content (AvgIpc) is 2.30. The number of benzene rings is 1. The van der Waals surface area contributed by atoms with Crippen molar-refractivity contribution in [2.24, 2.45) is 11.7 Å². The number of hydrogen-bond acceptors (Lipinski definition) is 1. The minimum Gasteiger partial charge on any atom is -0.330 e. The normalized spacial score (nSPS) is 26.5. The Balaban J connectivity index is 2.04. The molecule has 0 unspecified atom stereocenters. The maximum atomic E-state index is 13.5. The zero-order valence-corrected chi connectivity index (χ0v) is 8.95. The SMILES string of the molecule is NCC1CCC(c2ccccc2F)CC1. The van der Waals surface area contributed by atoms with E-state index in [1.807, 2.05) is 12.1 Å². The lowest BCUT2D eigenvalue weighted by Crippen LogP contribution is -2.20. The Bertz CT molecular complexity index is 316. The maximum absolute atomic E-state index is 13.5. The van der Waals surface area contributed by atoms with Crippen LogP contribution in [0.5, 0.6) is 0 Å². The minimum absolute atomic E-state index is 0.0475. The first-order valence-electron chi connectivity index (χ1n) is 5.75. The van der Waals surface area contributed by atoms with Crippen molar-refractivity contribution in [3.8, 4) is 0 Å². The number of halogens is 1. The monoisotopic (exact) mass is 207 g/mol. The molecular formula is C13H18FN. The predicted molar refractivity (Wildman–Crippen MR) is 60.2 cm³/mol. The standard InChI is InChI=1S/C13H18FN/c14-13-4-2-1-3-12(13)11-7-5-10(9-15)6-8-11/h1-4,10-11H,5-9,15H2.